The van der Waals surface area contributed by atoms with Gasteiger partial charge >= 0.3 is 0 Å². The van der Waals surface area contributed by atoms with E-state index in [4.69, 9.17) is 0 Å². The molecule has 1 aromatic heterocycles. The first kappa shape index (κ1) is 9.90. The maximum atomic E-state index is 4.49. The molecule has 1 aliphatic rings. The van der Waals surface area contributed by atoms with Gasteiger partial charge in [0, 0.05) is 23.5 Å². The fourth-order valence-electron chi connectivity index (χ4n) is 1.16. The van der Waals surface area contributed by atoms with E-state index < -0.39 is 0 Å². The Morgan fingerprint density at radius 1 is 1.36 bits per heavy atom. The van der Waals surface area contributed by atoms with Crippen LogP contribution in [0.15, 0.2) is 0 Å². The third-order valence-electron chi connectivity index (χ3n) is 2.74. The highest BCUT2D eigenvalue weighted by atomic mass is 32.1. The number of anilines is 1. The lowest BCUT2D eigenvalue weighted by Gasteiger charge is -2.15. The van der Waals surface area contributed by atoms with E-state index in [1.165, 1.54) is 24.4 Å². The third kappa shape index (κ3) is 2.23. The molecule has 0 spiro atoms. The number of aromatic nitrogens is 2. The van der Waals surface area contributed by atoms with Gasteiger partial charge in [-0.25, -0.2) is 4.98 Å². The lowest BCUT2D eigenvalue weighted by molar-refractivity contribution is 0.559. The molecule has 4 heteroatoms. The monoisotopic (exact) mass is 211 g/mol. The molecule has 1 heterocycles. The first-order valence-corrected chi connectivity index (χ1v) is 6.04. The van der Waals surface area contributed by atoms with Crippen LogP contribution < -0.4 is 5.32 Å². The predicted octanol–water partition coefficient (Wildman–Crippen LogP) is 2.87. The standard InChI is InChI=1S/C10H17N3S/c1-6(2)7(3)11-10-12-9(13-14-10)8-4-5-8/h6-8H,4-5H2,1-3H3,(H,11,12,13). The van der Waals surface area contributed by atoms with E-state index >= 15 is 0 Å². The number of nitrogens with one attached hydrogen (secondary N) is 1. The molecule has 78 valence electrons. The van der Waals surface area contributed by atoms with Gasteiger partial charge in [-0.2, -0.15) is 4.37 Å². The highest BCUT2D eigenvalue weighted by Crippen LogP contribution is 2.39. The zero-order valence-corrected chi connectivity index (χ0v) is 9.77. The first-order valence-electron chi connectivity index (χ1n) is 5.27. The van der Waals surface area contributed by atoms with E-state index in [-0.39, 0.29) is 0 Å². The average Bonchev–Trinajstić information content (AvgIpc) is 2.88. The van der Waals surface area contributed by atoms with Crippen molar-refractivity contribution in [3.8, 4) is 0 Å². The highest BCUT2D eigenvalue weighted by Gasteiger charge is 2.27. The molecule has 0 saturated heterocycles. The van der Waals surface area contributed by atoms with Crippen LogP contribution in [0.5, 0.6) is 0 Å². The molecule has 0 radical (unpaired) electrons. The third-order valence-corrected chi connectivity index (χ3v) is 3.40. The van der Waals surface area contributed by atoms with Gasteiger partial charge in [-0.3, -0.25) is 0 Å². The first-order chi connectivity index (χ1) is 6.66. The van der Waals surface area contributed by atoms with Crippen molar-refractivity contribution in [2.75, 3.05) is 5.32 Å². The van der Waals surface area contributed by atoms with Crippen LogP contribution >= 0.6 is 11.5 Å². The largest absolute Gasteiger partial charge is 0.358 e. The summed E-state index contributed by atoms with van der Waals surface area (Å²) in [7, 11) is 0. The molecule has 1 atom stereocenters. The summed E-state index contributed by atoms with van der Waals surface area (Å²) in [5, 5.41) is 4.37. The minimum absolute atomic E-state index is 0.468. The predicted molar refractivity (Wildman–Crippen MR) is 59.8 cm³/mol. The molecule has 1 fully saturated rings. The van der Waals surface area contributed by atoms with Gasteiger partial charge in [-0.05, 0) is 25.7 Å². The summed E-state index contributed by atoms with van der Waals surface area (Å²) in [5.41, 5.74) is 0. The second-order valence-electron chi connectivity index (χ2n) is 4.41. The van der Waals surface area contributed by atoms with Gasteiger partial charge in [-0.15, -0.1) is 0 Å². The molecule has 1 unspecified atom stereocenters. The van der Waals surface area contributed by atoms with Crippen molar-refractivity contribution in [1.29, 1.82) is 0 Å². The van der Waals surface area contributed by atoms with Crippen LogP contribution in [0.4, 0.5) is 5.13 Å². The molecular formula is C10H17N3S. The summed E-state index contributed by atoms with van der Waals surface area (Å²) in [4.78, 5) is 4.49. The lowest BCUT2D eigenvalue weighted by atomic mass is 10.1. The molecule has 3 nitrogen and oxygen atoms in total. The Bertz CT molecular complexity index is 304. The van der Waals surface area contributed by atoms with E-state index in [9.17, 15) is 0 Å². The molecule has 1 aliphatic carbocycles. The molecule has 0 aliphatic heterocycles. The van der Waals surface area contributed by atoms with E-state index in [1.807, 2.05) is 0 Å². The molecule has 0 amide bonds. The smallest absolute Gasteiger partial charge is 0.202 e. The van der Waals surface area contributed by atoms with Gasteiger partial charge in [0.05, 0.1) is 0 Å². The van der Waals surface area contributed by atoms with Crippen LogP contribution in [0.25, 0.3) is 0 Å². The number of hydrogen-bond donors (Lipinski definition) is 1. The van der Waals surface area contributed by atoms with Gasteiger partial charge in [0.25, 0.3) is 0 Å². The van der Waals surface area contributed by atoms with Crippen LogP contribution in [-0.4, -0.2) is 15.4 Å². The normalized spacial score (nSPS) is 18.6. The quantitative estimate of drug-likeness (QED) is 0.832. The van der Waals surface area contributed by atoms with Crippen LogP contribution in [0.2, 0.25) is 0 Å². The van der Waals surface area contributed by atoms with Crippen LogP contribution in [0, 0.1) is 5.92 Å². The fraction of sp³-hybridized carbons (Fsp3) is 0.800. The average molecular weight is 211 g/mol. The lowest BCUT2D eigenvalue weighted by Crippen LogP contribution is -2.21. The SMILES string of the molecule is CC(C)C(C)Nc1nc(C2CC2)ns1. The molecule has 1 N–H and O–H groups in total. The molecule has 1 saturated carbocycles. The summed E-state index contributed by atoms with van der Waals surface area (Å²) in [6.45, 7) is 6.60. The van der Waals surface area contributed by atoms with Crippen molar-refractivity contribution in [3.63, 3.8) is 0 Å². The van der Waals surface area contributed by atoms with Gasteiger partial charge in [-0.1, -0.05) is 13.8 Å². The molecule has 0 bridgehead atoms. The summed E-state index contributed by atoms with van der Waals surface area (Å²) in [6.07, 6.45) is 2.55. The Morgan fingerprint density at radius 2 is 2.07 bits per heavy atom. The van der Waals surface area contributed by atoms with E-state index in [0.29, 0.717) is 17.9 Å². The second-order valence-corrected chi connectivity index (χ2v) is 5.16. The van der Waals surface area contributed by atoms with Crippen molar-refractivity contribution in [1.82, 2.24) is 9.36 Å². The van der Waals surface area contributed by atoms with Gasteiger partial charge in [0.1, 0.15) is 5.82 Å². The second kappa shape index (κ2) is 3.85. The van der Waals surface area contributed by atoms with E-state index in [2.05, 4.69) is 35.4 Å². The van der Waals surface area contributed by atoms with Gasteiger partial charge < -0.3 is 5.32 Å². The molecule has 14 heavy (non-hydrogen) atoms. The Hall–Kier alpha value is -0.640. The Morgan fingerprint density at radius 3 is 2.64 bits per heavy atom. The maximum absolute atomic E-state index is 4.49. The van der Waals surface area contributed by atoms with Gasteiger partial charge in [0.2, 0.25) is 5.13 Å². The number of rotatable bonds is 4. The van der Waals surface area contributed by atoms with Crippen molar-refractivity contribution >= 4 is 16.7 Å². The Balaban J connectivity index is 1.95. The van der Waals surface area contributed by atoms with Crippen molar-refractivity contribution in [2.45, 2.75) is 45.6 Å². The topological polar surface area (TPSA) is 37.8 Å². The van der Waals surface area contributed by atoms with Crippen LogP contribution in [-0.2, 0) is 0 Å². The van der Waals surface area contributed by atoms with Crippen molar-refractivity contribution in [2.24, 2.45) is 5.92 Å². The molecule has 0 aromatic carbocycles. The zero-order chi connectivity index (χ0) is 10.1. The number of hydrogen-bond acceptors (Lipinski definition) is 4. The molecular weight excluding hydrogens is 194 g/mol. The van der Waals surface area contributed by atoms with E-state index in [1.54, 1.807) is 0 Å². The minimum atomic E-state index is 0.468. The van der Waals surface area contributed by atoms with Crippen LogP contribution in [0.3, 0.4) is 0 Å². The molecule has 2 rings (SSSR count). The maximum Gasteiger partial charge on any atom is 0.202 e. The number of nitrogens with zero attached hydrogens (tertiary/aromatic N) is 2. The summed E-state index contributed by atoms with van der Waals surface area (Å²) in [5.74, 6) is 2.34. The van der Waals surface area contributed by atoms with Crippen molar-refractivity contribution < 1.29 is 0 Å². The van der Waals surface area contributed by atoms with Crippen molar-refractivity contribution in [3.05, 3.63) is 5.82 Å². The van der Waals surface area contributed by atoms with E-state index in [0.717, 1.165) is 11.0 Å². The van der Waals surface area contributed by atoms with Crippen LogP contribution in [0.1, 0.15) is 45.4 Å². The Kier molecular flexibility index (Phi) is 2.72. The summed E-state index contributed by atoms with van der Waals surface area (Å²) < 4.78 is 4.36. The molecule has 1 aromatic rings. The minimum Gasteiger partial charge on any atom is -0.358 e. The zero-order valence-electron chi connectivity index (χ0n) is 8.95. The Labute approximate surface area is 89.1 Å². The highest BCUT2D eigenvalue weighted by molar-refractivity contribution is 7.09. The summed E-state index contributed by atoms with van der Waals surface area (Å²) >= 11 is 1.49. The fourth-order valence-corrected chi connectivity index (χ4v) is 1.91. The van der Waals surface area contributed by atoms with Gasteiger partial charge in [0.15, 0.2) is 0 Å². The summed E-state index contributed by atoms with van der Waals surface area (Å²) in [6, 6.07) is 0.468.